The van der Waals surface area contributed by atoms with Gasteiger partial charge in [0.25, 0.3) is 11.5 Å². The largest absolute Gasteiger partial charge is 0.497 e. The molecule has 4 rings (SSSR count). The van der Waals surface area contributed by atoms with Crippen molar-refractivity contribution in [2.75, 3.05) is 12.4 Å². The number of hydrogen-bond donors (Lipinski definition) is 2. The molecule has 2 aromatic carbocycles. The maximum absolute atomic E-state index is 12.6. The molecule has 4 aromatic rings. The molecule has 2 N–H and O–H groups in total. The molecule has 0 radical (unpaired) electrons. The van der Waals surface area contributed by atoms with Gasteiger partial charge in [0.15, 0.2) is 5.69 Å². The summed E-state index contributed by atoms with van der Waals surface area (Å²) in [6, 6.07) is 14.2. The summed E-state index contributed by atoms with van der Waals surface area (Å²) >= 11 is 0. The van der Waals surface area contributed by atoms with E-state index in [2.05, 4.69) is 20.4 Å². The van der Waals surface area contributed by atoms with E-state index >= 15 is 0 Å². The van der Waals surface area contributed by atoms with Crippen LogP contribution in [0.2, 0.25) is 0 Å². The predicted octanol–water partition coefficient (Wildman–Crippen LogP) is 2.58. The number of rotatable bonds is 4. The Hall–Kier alpha value is -3.94. The van der Waals surface area contributed by atoms with E-state index in [-0.39, 0.29) is 17.2 Å². The average molecular weight is 375 g/mol. The molecule has 0 aliphatic rings. The number of methoxy groups -OCH3 is 1. The van der Waals surface area contributed by atoms with Gasteiger partial charge in [-0.1, -0.05) is 0 Å². The highest BCUT2D eigenvalue weighted by molar-refractivity contribution is 6.04. The van der Waals surface area contributed by atoms with Gasteiger partial charge in [0.05, 0.1) is 30.0 Å². The Morgan fingerprint density at radius 1 is 1.14 bits per heavy atom. The van der Waals surface area contributed by atoms with Gasteiger partial charge in [0.2, 0.25) is 0 Å². The molecular formula is C20H17N5O3. The fourth-order valence-corrected chi connectivity index (χ4v) is 2.95. The Labute approximate surface area is 159 Å². The first kappa shape index (κ1) is 17.5. The molecule has 0 bridgehead atoms. The summed E-state index contributed by atoms with van der Waals surface area (Å²) in [5.74, 6) is 0.389. The Bertz CT molecular complexity index is 1220. The number of amides is 1. The van der Waals surface area contributed by atoms with Gasteiger partial charge in [-0.25, -0.2) is 4.98 Å². The Balaban J connectivity index is 1.60. The van der Waals surface area contributed by atoms with Crippen LogP contribution in [0.4, 0.5) is 5.69 Å². The van der Waals surface area contributed by atoms with Crippen LogP contribution < -0.4 is 15.6 Å². The highest BCUT2D eigenvalue weighted by Gasteiger charge is 2.15. The average Bonchev–Trinajstić information content (AvgIpc) is 3.10. The number of aromatic amines is 1. The van der Waals surface area contributed by atoms with Crippen LogP contribution in [0.25, 0.3) is 22.2 Å². The lowest BCUT2D eigenvalue weighted by atomic mass is 10.1. The second-order valence-electron chi connectivity index (χ2n) is 6.18. The molecule has 28 heavy (non-hydrogen) atoms. The van der Waals surface area contributed by atoms with E-state index in [4.69, 9.17) is 4.74 Å². The van der Waals surface area contributed by atoms with Crippen molar-refractivity contribution in [3.63, 3.8) is 0 Å². The Kier molecular flexibility index (Phi) is 4.36. The molecule has 0 fully saturated rings. The number of fused-ring (bicyclic) bond motifs is 1. The van der Waals surface area contributed by atoms with E-state index in [1.807, 2.05) is 24.3 Å². The summed E-state index contributed by atoms with van der Waals surface area (Å²) < 4.78 is 6.81. The quantitative estimate of drug-likeness (QED) is 0.571. The van der Waals surface area contributed by atoms with Crippen LogP contribution in [0.1, 0.15) is 10.5 Å². The van der Waals surface area contributed by atoms with E-state index in [0.29, 0.717) is 16.6 Å². The lowest BCUT2D eigenvalue weighted by molar-refractivity contribution is 0.102. The minimum atomic E-state index is -0.366. The molecule has 0 aliphatic heterocycles. The van der Waals surface area contributed by atoms with Crippen LogP contribution in [0.3, 0.4) is 0 Å². The van der Waals surface area contributed by atoms with Crippen molar-refractivity contribution in [2.24, 2.45) is 7.05 Å². The maximum atomic E-state index is 12.6. The minimum absolute atomic E-state index is 0.263. The van der Waals surface area contributed by atoms with Crippen molar-refractivity contribution in [3.8, 4) is 17.0 Å². The van der Waals surface area contributed by atoms with Gasteiger partial charge in [-0.15, -0.1) is 0 Å². The molecule has 2 heterocycles. The summed E-state index contributed by atoms with van der Waals surface area (Å²) in [6.07, 6.45) is 1.34. The van der Waals surface area contributed by atoms with Gasteiger partial charge in [0.1, 0.15) is 5.75 Å². The number of carbonyl (C=O) groups excluding carboxylic acids is 1. The zero-order valence-corrected chi connectivity index (χ0v) is 15.3. The minimum Gasteiger partial charge on any atom is -0.497 e. The number of H-pyrrole nitrogens is 1. The van der Waals surface area contributed by atoms with Crippen molar-refractivity contribution < 1.29 is 9.53 Å². The van der Waals surface area contributed by atoms with Crippen LogP contribution in [0, 0.1) is 0 Å². The zero-order valence-electron chi connectivity index (χ0n) is 15.3. The molecule has 2 aromatic heterocycles. The SMILES string of the molecule is COc1ccc(-c2cc(C(=O)Nc3ccc4nc[nH]c(=O)c4c3)nn2C)cc1. The van der Waals surface area contributed by atoms with Gasteiger partial charge >= 0.3 is 0 Å². The monoisotopic (exact) mass is 375 g/mol. The standard InChI is InChI=1S/C20H17N5O3/c1-25-18(12-3-6-14(28-2)7-4-12)10-17(24-25)20(27)23-13-5-8-16-15(9-13)19(26)22-11-21-16/h3-11H,1-2H3,(H,23,27)(H,21,22,26). The van der Waals surface area contributed by atoms with Gasteiger partial charge < -0.3 is 15.0 Å². The number of ether oxygens (including phenoxy) is 1. The zero-order chi connectivity index (χ0) is 19.7. The van der Waals surface area contributed by atoms with Crippen molar-refractivity contribution in [1.29, 1.82) is 0 Å². The van der Waals surface area contributed by atoms with Crippen molar-refractivity contribution >= 4 is 22.5 Å². The van der Waals surface area contributed by atoms with Gasteiger partial charge in [-0.05, 0) is 48.5 Å². The second-order valence-corrected chi connectivity index (χ2v) is 6.18. The molecule has 0 atom stereocenters. The topological polar surface area (TPSA) is 102 Å². The third kappa shape index (κ3) is 3.23. The highest BCUT2D eigenvalue weighted by Crippen LogP contribution is 2.23. The molecule has 1 amide bonds. The summed E-state index contributed by atoms with van der Waals surface area (Å²) in [4.78, 5) is 31.1. The Morgan fingerprint density at radius 2 is 1.93 bits per heavy atom. The van der Waals surface area contributed by atoms with Gasteiger partial charge in [-0.3, -0.25) is 14.3 Å². The first-order valence-corrected chi connectivity index (χ1v) is 8.52. The number of nitrogens with zero attached hydrogens (tertiary/aromatic N) is 3. The van der Waals surface area contributed by atoms with Crippen molar-refractivity contribution in [2.45, 2.75) is 0 Å². The molecule has 0 aliphatic carbocycles. The van der Waals surface area contributed by atoms with Crippen LogP contribution in [0.5, 0.6) is 5.75 Å². The maximum Gasteiger partial charge on any atom is 0.276 e. The number of nitrogens with one attached hydrogen (secondary N) is 2. The summed E-state index contributed by atoms with van der Waals surface area (Å²) in [5.41, 5.74) is 2.77. The van der Waals surface area contributed by atoms with E-state index in [1.165, 1.54) is 6.33 Å². The fourth-order valence-electron chi connectivity index (χ4n) is 2.95. The van der Waals surface area contributed by atoms with Crippen LogP contribution in [-0.2, 0) is 7.05 Å². The number of benzene rings is 2. The summed E-state index contributed by atoms with van der Waals surface area (Å²) in [7, 11) is 3.38. The molecule has 8 nitrogen and oxygen atoms in total. The lowest BCUT2D eigenvalue weighted by Gasteiger charge is -2.04. The van der Waals surface area contributed by atoms with Crippen molar-refractivity contribution in [1.82, 2.24) is 19.7 Å². The smallest absolute Gasteiger partial charge is 0.276 e. The first-order valence-electron chi connectivity index (χ1n) is 8.52. The van der Waals surface area contributed by atoms with Crippen LogP contribution in [-0.4, -0.2) is 32.8 Å². The number of anilines is 1. The number of aromatic nitrogens is 4. The third-order valence-corrected chi connectivity index (χ3v) is 4.40. The van der Waals surface area contributed by atoms with Crippen LogP contribution in [0.15, 0.2) is 59.7 Å². The molecule has 140 valence electrons. The molecule has 8 heteroatoms. The molecule has 0 saturated carbocycles. The Morgan fingerprint density at radius 3 is 2.68 bits per heavy atom. The molecule has 0 spiro atoms. The van der Waals surface area contributed by atoms with Crippen molar-refractivity contribution in [3.05, 3.63) is 70.9 Å². The highest BCUT2D eigenvalue weighted by atomic mass is 16.5. The molecule has 0 saturated heterocycles. The summed E-state index contributed by atoms with van der Waals surface area (Å²) in [6.45, 7) is 0. The number of hydrogen-bond acceptors (Lipinski definition) is 5. The third-order valence-electron chi connectivity index (χ3n) is 4.40. The normalized spacial score (nSPS) is 10.8. The number of carbonyl (C=O) groups is 1. The predicted molar refractivity (Wildman–Crippen MR) is 106 cm³/mol. The van der Waals surface area contributed by atoms with E-state index in [1.54, 1.807) is 43.1 Å². The fraction of sp³-hybridized carbons (Fsp3) is 0.100. The molecule has 0 unspecified atom stereocenters. The molecular weight excluding hydrogens is 358 g/mol. The van der Waals surface area contributed by atoms with E-state index in [9.17, 15) is 9.59 Å². The van der Waals surface area contributed by atoms with E-state index < -0.39 is 0 Å². The summed E-state index contributed by atoms with van der Waals surface area (Å²) in [5, 5.41) is 7.47. The van der Waals surface area contributed by atoms with E-state index in [0.717, 1.165) is 17.0 Å². The van der Waals surface area contributed by atoms with Gasteiger partial charge in [0, 0.05) is 18.3 Å². The second kappa shape index (κ2) is 6.99. The van der Waals surface area contributed by atoms with Gasteiger partial charge in [-0.2, -0.15) is 5.10 Å². The lowest BCUT2D eigenvalue weighted by Crippen LogP contribution is -2.14. The van der Waals surface area contributed by atoms with Crippen LogP contribution >= 0.6 is 0 Å². The first-order chi connectivity index (χ1) is 13.5. The number of aryl methyl sites for hydroxylation is 1.